The van der Waals surface area contributed by atoms with Gasteiger partial charge in [0, 0.05) is 15.3 Å². The van der Waals surface area contributed by atoms with E-state index in [1.807, 2.05) is 12.1 Å². The SMILES string of the molecule is CSC(C)c1cc(Cl)cc(Cl)c1. The Morgan fingerprint density at radius 1 is 1.17 bits per heavy atom. The fourth-order valence-electron chi connectivity index (χ4n) is 0.946. The molecule has 0 aliphatic rings. The first-order chi connectivity index (χ1) is 5.63. The molecule has 1 aromatic rings. The summed E-state index contributed by atoms with van der Waals surface area (Å²) >= 11 is 13.5. The van der Waals surface area contributed by atoms with Crippen LogP contribution in [0, 0.1) is 0 Å². The molecule has 0 nitrogen and oxygen atoms in total. The van der Waals surface area contributed by atoms with E-state index in [0.717, 1.165) is 0 Å². The van der Waals surface area contributed by atoms with Gasteiger partial charge in [0.15, 0.2) is 0 Å². The van der Waals surface area contributed by atoms with Gasteiger partial charge in [-0.05, 0) is 36.9 Å². The molecule has 0 saturated carbocycles. The summed E-state index contributed by atoms with van der Waals surface area (Å²) in [5, 5.41) is 1.86. The molecule has 0 aromatic heterocycles. The van der Waals surface area contributed by atoms with Crippen LogP contribution >= 0.6 is 35.0 Å². The molecule has 0 aliphatic heterocycles. The molecule has 0 radical (unpaired) electrons. The molecule has 0 amide bonds. The number of hydrogen-bond donors (Lipinski definition) is 0. The second-order valence-electron chi connectivity index (χ2n) is 2.58. The van der Waals surface area contributed by atoms with Gasteiger partial charge in [-0.2, -0.15) is 11.8 Å². The number of hydrogen-bond acceptors (Lipinski definition) is 1. The zero-order chi connectivity index (χ0) is 9.14. The first-order valence-corrected chi connectivity index (χ1v) is 5.66. The molecule has 0 saturated heterocycles. The molecule has 1 atom stereocenters. The van der Waals surface area contributed by atoms with Crippen molar-refractivity contribution in [1.82, 2.24) is 0 Å². The quantitative estimate of drug-likeness (QED) is 0.712. The third-order valence-electron chi connectivity index (χ3n) is 1.71. The highest BCUT2D eigenvalue weighted by Gasteiger charge is 2.04. The Kier molecular flexibility index (Phi) is 3.76. The summed E-state index contributed by atoms with van der Waals surface area (Å²) in [5.41, 5.74) is 1.18. The van der Waals surface area contributed by atoms with Crippen LogP contribution in [0.2, 0.25) is 10.0 Å². The highest BCUT2D eigenvalue weighted by Crippen LogP contribution is 2.30. The van der Waals surface area contributed by atoms with E-state index >= 15 is 0 Å². The Morgan fingerprint density at radius 2 is 1.67 bits per heavy atom. The Bertz CT molecular complexity index is 253. The van der Waals surface area contributed by atoms with Crippen molar-refractivity contribution in [2.75, 3.05) is 6.26 Å². The minimum Gasteiger partial charge on any atom is -0.157 e. The third-order valence-corrected chi connectivity index (χ3v) is 3.12. The Balaban J connectivity index is 3.00. The molecule has 0 aliphatic carbocycles. The van der Waals surface area contributed by atoms with Crippen LogP contribution in [0.4, 0.5) is 0 Å². The van der Waals surface area contributed by atoms with Crippen molar-refractivity contribution in [3.05, 3.63) is 33.8 Å². The fourth-order valence-corrected chi connectivity index (χ4v) is 1.90. The lowest BCUT2D eigenvalue weighted by Crippen LogP contribution is -1.86. The van der Waals surface area contributed by atoms with Crippen LogP contribution in [0.1, 0.15) is 17.7 Å². The summed E-state index contributed by atoms with van der Waals surface area (Å²) in [4.78, 5) is 0. The molecular formula is C9H10Cl2S. The standard InChI is InChI=1S/C9H10Cl2S/c1-6(12-2)7-3-8(10)5-9(11)4-7/h3-6H,1-2H3. The zero-order valence-corrected chi connectivity index (χ0v) is 9.30. The molecule has 1 unspecified atom stereocenters. The van der Waals surface area contributed by atoms with Gasteiger partial charge in [-0.25, -0.2) is 0 Å². The smallest absolute Gasteiger partial charge is 0.0423 e. The Morgan fingerprint density at radius 3 is 2.08 bits per heavy atom. The van der Waals surface area contributed by atoms with E-state index in [1.165, 1.54) is 5.56 Å². The van der Waals surface area contributed by atoms with Crippen LogP contribution in [0.5, 0.6) is 0 Å². The van der Waals surface area contributed by atoms with E-state index in [4.69, 9.17) is 23.2 Å². The molecule has 0 spiro atoms. The third kappa shape index (κ3) is 2.58. The highest BCUT2D eigenvalue weighted by molar-refractivity contribution is 7.98. The second-order valence-corrected chi connectivity index (χ2v) is 4.63. The van der Waals surface area contributed by atoms with Crippen molar-refractivity contribution in [2.24, 2.45) is 0 Å². The lowest BCUT2D eigenvalue weighted by molar-refractivity contribution is 1.10. The molecule has 3 heteroatoms. The van der Waals surface area contributed by atoms with Crippen molar-refractivity contribution in [3.8, 4) is 0 Å². The summed E-state index contributed by atoms with van der Waals surface area (Å²) < 4.78 is 0. The molecule has 0 heterocycles. The normalized spacial score (nSPS) is 13.0. The first kappa shape index (κ1) is 10.2. The van der Waals surface area contributed by atoms with Gasteiger partial charge in [-0.15, -0.1) is 0 Å². The van der Waals surface area contributed by atoms with E-state index in [0.29, 0.717) is 15.3 Å². The van der Waals surface area contributed by atoms with Gasteiger partial charge >= 0.3 is 0 Å². The molecule has 0 N–H and O–H groups in total. The minimum atomic E-state index is 0.446. The number of benzene rings is 1. The first-order valence-electron chi connectivity index (χ1n) is 3.62. The van der Waals surface area contributed by atoms with Crippen LogP contribution in [0.15, 0.2) is 18.2 Å². The van der Waals surface area contributed by atoms with E-state index in [9.17, 15) is 0 Å². The summed E-state index contributed by atoms with van der Waals surface area (Å²) in [6, 6.07) is 5.66. The fraction of sp³-hybridized carbons (Fsp3) is 0.333. The predicted molar refractivity (Wildman–Crippen MR) is 58.4 cm³/mol. The predicted octanol–water partition coefficient (Wildman–Crippen LogP) is 4.42. The van der Waals surface area contributed by atoms with Gasteiger partial charge in [0.25, 0.3) is 0 Å². The minimum absolute atomic E-state index is 0.446. The van der Waals surface area contributed by atoms with Gasteiger partial charge < -0.3 is 0 Å². The average Bonchev–Trinajstić information content (AvgIpc) is 2.01. The summed E-state index contributed by atoms with van der Waals surface area (Å²) in [7, 11) is 0. The van der Waals surface area contributed by atoms with Crippen LogP contribution in [0.3, 0.4) is 0 Å². The monoisotopic (exact) mass is 220 g/mol. The van der Waals surface area contributed by atoms with E-state index < -0.39 is 0 Å². The van der Waals surface area contributed by atoms with E-state index in [-0.39, 0.29) is 0 Å². The summed E-state index contributed by atoms with van der Waals surface area (Å²) in [5.74, 6) is 0. The molecular weight excluding hydrogens is 211 g/mol. The van der Waals surface area contributed by atoms with Crippen molar-refractivity contribution in [3.63, 3.8) is 0 Å². The van der Waals surface area contributed by atoms with Gasteiger partial charge in [0.1, 0.15) is 0 Å². The molecule has 0 fully saturated rings. The van der Waals surface area contributed by atoms with E-state index in [2.05, 4.69) is 13.2 Å². The van der Waals surface area contributed by atoms with Crippen LogP contribution < -0.4 is 0 Å². The topological polar surface area (TPSA) is 0 Å². The maximum atomic E-state index is 5.86. The zero-order valence-electron chi connectivity index (χ0n) is 6.97. The van der Waals surface area contributed by atoms with Crippen LogP contribution in [-0.4, -0.2) is 6.26 Å². The van der Waals surface area contributed by atoms with Gasteiger partial charge in [-0.3, -0.25) is 0 Å². The highest BCUT2D eigenvalue weighted by atomic mass is 35.5. The van der Waals surface area contributed by atoms with Gasteiger partial charge in [-0.1, -0.05) is 23.2 Å². The summed E-state index contributed by atoms with van der Waals surface area (Å²) in [6.45, 7) is 2.13. The van der Waals surface area contributed by atoms with Gasteiger partial charge in [0.05, 0.1) is 0 Å². The number of thioether (sulfide) groups is 1. The van der Waals surface area contributed by atoms with Crippen molar-refractivity contribution >= 4 is 35.0 Å². The van der Waals surface area contributed by atoms with Crippen molar-refractivity contribution < 1.29 is 0 Å². The van der Waals surface area contributed by atoms with Crippen molar-refractivity contribution in [2.45, 2.75) is 12.2 Å². The maximum absolute atomic E-state index is 5.86. The Labute approximate surface area is 87.3 Å². The van der Waals surface area contributed by atoms with Gasteiger partial charge in [0.2, 0.25) is 0 Å². The van der Waals surface area contributed by atoms with Crippen molar-refractivity contribution in [1.29, 1.82) is 0 Å². The second kappa shape index (κ2) is 4.40. The number of rotatable bonds is 2. The summed E-state index contributed by atoms with van der Waals surface area (Å²) in [6.07, 6.45) is 2.07. The van der Waals surface area contributed by atoms with Crippen LogP contribution in [0.25, 0.3) is 0 Å². The molecule has 1 rings (SSSR count). The van der Waals surface area contributed by atoms with Crippen LogP contribution in [-0.2, 0) is 0 Å². The number of halogens is 2. The molecule has 12 heavy (non-hydrogen) atoms. The lowest BCUT2D eigenvalue weighted by atomic mass is 10.2. The van der Waals surface area contributed by atoms with E-state index in [1.54, 1.807) is 17.8 Å². The Hall–Kier alpha value is 0.150. The maximum Gasteiger partial charge on any atom is 0.0423 e. The average molecular weight is 221 g/mol. The molecule has 1 aromatic carbocycles. The lowest BCUT2D eigenvalue weighted by Gasteiger charge is -2.08. The molecule has 0 bridgehead atoms. The molecule has 66 valence electrons. The largest absolute Gasteiger partial charge is 0.157 e.